The molecule has 18 heavy (non-hydrogen) atoms. The Kier molecular flexibility index (Phi) is 2.75. The van der Waals surface area contributed by atoms with E-state index in [0.29, 0.717) is 5.56 Å². The summed E-state index contributed by atoms with van der Waals surface area (Å²) in [6.45, 7) is 0. The number of aryl methyl sites for hydroxylation is 1. The number of halogens is 6. The van der Waals surface area contributed by atoms with Gasteiger partial charge < -0.3 is 4.74 Å². The summed E-state index contributed by atoms with van der Waals surface area (Å²) in [5.74, 6) is -0.363. The van der Waals surface area contributed by atoms with Crippen LogP contribution >= 0.6 is 0 Å². The molecule has 2 rings (SSSR count). The van der Waals surface area contributed by atoms with Gasteiger partial charge in [-0.15, -0.1) is 0 Å². The predicted molar refractivity (Wildman–Crippen MR) is 50.2 cm³/mol. The van der Waals surface area contributed by atoms with Crippen LogP contribution in [-0.4, -0.2) is 18.0 Å². The average Bonchev–Trinajstić information content (AvgIpc) is 2.25. The van der Waals surface area contributed by atoms with Gasteiger partial charge in [-0.25, -0.2) is 0 Å². The second-order valence-corrected chi connectivity index (χ2v) is 4.03. The van der Waals surface area contributed by atoms with Gasteiger partial charge >= 0.3 is 12.4 Å². The van der Waals surface area contributed by atoms with Crippen LogP contribution in [0.4, 0.5) is 26.3 Å². The van der Waals surface area contributed by atoms with Crippen LogP contribution in [0.3, 0.4) is 0 Å². The Morgan fingerprint density at radius 3 is 2.06 bits per heavy atom. The summed E-state index contributed by atoms with van der Waals surface area (Å²) >= 11 is 0. The Labute approximate surface area is 98.4 Å². The van der Waals surface area contributed by atoms with E-state index in [-0.39, 0.29) is 12.2 Å². The number of hydrogen-bond acceptors (Lipinski definition) is 1. The molecule has 0 saturated carbocycles. The second-order valence-electron chi connectivity index (χ2n) is 4.03. The van der Waals surface area contributed by atoms with E-state index >= 15 is 0 Å². The lowest BCUT2D eigenvalue weighted by Crippen LogP contribution is -2.62. The third kappa shape index (κ3) is 1.81. The molecule has 0 amide bonds. The van der Waals surface area contributed by atoms with E-state index in [1.807, 2.05) is 0 Å². The first-order valence-electron chi connectivity index (χ1n) is 5.08. The molecule has 1 heterocycles. The lowest BCUT2D eigenvalue weighted by Gasteiger charge is -2.40. The summed E-state index contributed by atoms with van der Waals surface area (Å²) in [6.07, 6.45) is -12.5. The monoisotopic (exact) mass is 270 g/mol. The van der Waals surface area contributed by atoms with Gasteiger partial charge in [-0.3, -0.25) is 0 Å². The maximum atomic E-state index is 12.7. The summed E-state index contributed by atoms with van der Waals surface area (Å²) < 4.78 is 80.7. The van der Waals surface area contributed by atoms with Crippen LogP contribution in [0.15, 0.2) is 24.3 Å². The molecule has 0 fully saturated rings. The van der Waals surface area contributed by atoms with E-state index in [1.54, 1.807) is 0 Å². The topological polar surface area (TPSA) is 9.23 Å². The fourth-order valence-corrected chi connectivity index (χ4v) is 1.92. The van der Waals surface area contributed by atoms with Gasteiger partial charge in [-0.2, -0.15) is 26.3 Å². The molecule has 0 saturated heterocycles. The summed E-state index contributed by atoms with van der Waals surface area (Å²) in [4.78, 5) is 0. The third-order valence-corrected chi connectivity index (χ3v) is 2.92. The molecule has 1 aliphatic heterocycles. The number of alkyl halides is 6. The number of hydrogen-bond donors (Lipinski definition) is 0. The maximum absolute atomic E-state index is 12.7. The van der Waals surface area contributed by atoms with Gasteiger partial charge in [0.2, 0.25) is 0 Å². The standard InChI is InChI=1S/C11H8F6O/c12-10(13,14)9(11(15,16)17)6-5-7-3-1-2-4-8(7)18-9/h1-4H,5-6H2. The van der Waals surface area contributed by atoms with E-state index in [1.165, 1.54) is 18.2 Å². The van der Waals surface area contributed by atoms with Crippen molar-refractivity contribution >= 4 is 0 Å². The Morgan fingerprint density at radius 2 is 1.50 bits per heavy atom. The summed E-state index contributed by atoms with van der Waals surface area (Å²) in [7, 11) is 0. The van der Waals surface area contributed by atoms with Crippen molar-refractivity contribution in [2.45, 2.75) is 30.8 Å². The number of fused-ring (bicyclic) bond motifs is 1. The first-order valence-corrected chi connectivity index (χ1v) is 5.08. The highest BCUT2D eigenvalue weighted by Crippen LogP contribution is 2.51. The third-order valence-electron chi connectivity index (χ3n) is 2.92. The lowest BCUT2D eigenvalue weighted by atomic mass is 9.89. The molecule has 0 aliphatic carbocycles. The molecule has 0 aromatic heterocycles. The zero-order valence-electron chi connectivity index (χ0n) is 8.90. The summed E-state index contributed by atoms with van der Waals surface area (Å²) in [5.41, 5.74) is -3.75. The number of benzene rings is 1. The molecule has 0 atom stereocenters. The summed E-state index contributed by atoms with van der Waals surface area (Å²) in [6, 6.07) is 5.44. The second kappa shape index (κ2) is 3.80. The number of para-hydroxylation sites is 1. The molecule has 0 N–H and O–H groups in total. The molecule has 7 heteroatoms. The molecule has 0 spiro atoms. The molecule has 1 aromatic carbocycles. The minimum Gasteiger partial charge on any atom is -0.468 e. The Bertz CT molecular complexity index is 434. The Hall–Kier alpha value is -1.40. The van der Waals surface area contributed by atoms with E-state index in [9.17, 15) is 26.3 Å². The van der Waals surface area contributed by atoms with E-state index < -0.39 is 24.4 Å². The fourth-order valence-electron chi connectivity index (χ4n) is 1.92. The van der Waals surface area contributed by atoms with Gasteiger partial charge in [0.15, 0.2) is 0 Å². The molecular formula is C11H8F6O. The first-order chi connectivity index (χ1) is 8.17. The molecule has 1 aliphatic rings. The van der Waals surface area contributed by atoms with Crippen LogP contribution in [0.2, 0.25) is 0 Å². The van der Waals surface area contributed by atoms with Crippen molar-refractivity contribution in [2.24, 2.45) is 0 Å². The highest BCUT2D eigenvalue weighted by Gasteiger charge is 2.73. The zero-order chi connectivity index (χ0) is 13.6. The van der Waals surface area contributed by atoms with Gasteiger partial charge in [0.05, 0.1) is 0 Å². The molecule has 1 aromatic rings. The molecular weight excluding hydrogens is 262 g/mol. The van der Waals surface area contributed by atoms with Gasteiger partial charge in [-0.1, -0.05) is 18.2 Å². The van der Waals surface area contributed by atoms with Crippen LogP contribution in [0, 0.1) is 0 Å². The van der Waals surface area contributed by atoms with Gasteiger partial charge in [-0.05, 0) is 18.1 Å². The van der Waals surface area contributed by atoms with E-state index in [4.69, 9.17) is 0 Å². The quantitative estimate of drug-likeness (QED) is 0.650. The molecule has 0 bridgehead atoms. The molecule has 1 nitrogen and oxygen atoms in total. The van der Waals surface area contributed by atoms with Gasteiger partial charge in [0.1, 0.15) is 5.75 Å². The smallest absolute Gasteiger partial charge is 0.437 e. The average molecular weight is 270 g/mol. The number of ether oxygens (including phenoxy) is 1. The Morgan fingerprint density at radius 1 is 0.944 bits per heavy atom. The van der Waals surface area contributed by atoms with Crippen molar-refractivity contribution in [3.63, 3.8) is 0 Å². The van der Waals surface area contributed by atoms with E-state index in [2.05, 4.69) is 4.74 Å². The van der Waals surface area contributed by atoms with Crippen LogP contribution in [0.5, 0.6) is 5.75 Å². The minimum atomic E-state index is -5.50. The van der Waals surface area contributed by atoms with Crippen LogP contribution in [-0.2, 0) is 6.42 Å². The predicted octanol–water partition coefficient (Wildman–Crippen LogP) is 3.88. The highest BCUT2D eigenvalue weighted by atomic mass is 19.4. The normalized spacial score (nSPS) is 19.0. The SMILES string of the molecule is FC(F)(F)C1(C(F)(F)F)CCc2ccccc2O1. The van der Waals surface area contributed by atoms with Crippen molar-refractivity contribution < 1.29 is 31.1 Å². The first kappa shape index (κ1) is 13.0. The van der Waals surface area contributed by atoms with Crippen LogP contribution in [0.1, 0.15) is 12.0 Å². The van der Waals surface area contributed by atoms with Crippen molar-refractivity contribution in [1.82, 2.24) is 0 Å². The lowest BCUT2D eigenvalue weighted by molar-refractivity contribution is -0.361. The minimum absolute atomic E-state index is 0.324. The Balaban J connectivity index is 2.49. The molecule has 100 valence electrons. The molecule has 0 radical (unpaired) electrons. The van der Waals surface area contributed by atoms with Crippen molar-refractivity contribution in [2.75, 3.05) is 0 Å². The summed E-state index contributed by atoms with van der Waals surface area (Å²) in [5, 5.41) is 0. The van der Waals surface area contributed by atoms with Crippen molar-refractivity contribution in [3.05, 3.63) is 29.8 Å². The van der Waals surface area contributed by atoms with Gasteiger partial charge in [0.25, 0.3) is 5.60 Å². The van der Waals surface area contributed by atoms with Gasteiger partial charge in [0, 0.05) is 6.42 Å². The van der Waals surface area contributed by atoms with Crippen LogP contribution in [0.25, 0.3) is 0 Å². The molecule has 0 unspecified atom stereocenters. The van der Waals surface area contributed by atoms with Crippen molar-refractivity contribution in [3.8, 4) is 5.75 Å². The zero-order valence-corrected chi connectivity index (χ0v) is 8.90. The maximum Gasteiger partial charge on any atom is 0.437 e. The highest BCUT2D eigenvalue weighted by molar-refractivity contribution is 5.37. The fraction of sp³-hybridized carbons (Fsp3) is 0.455. The van der Waals surface area contributed by atoms with E-state index in [0.717, 1.165) is 6.07 Å². The number of rotatable bonds is 0. The van der Waals surface area contributed by atoms with Crippen LogP contribution < -0.4 is 4.74 Å². The van der Waals surface area contributed by atoms with Crippen molar-refractivity contribution in [1.29, 1.82) is 0 Å². The largest absolute Gasteiger partial charge is 0.468 e.